The lowest BCUT2D eigenvalue weighted by Gasteiger charge is -1.98. The van der Waals surface area contributed by atoms with E-state index in [2.05, 4.69) is 25.5 Å². The molecule has 25 heavy (non-hydrogen) atoms. The van der Waals surface area contributed by atoms with Crippen molar-refractivity contribution in [2.45, 2.75) is 6.42 Å². The Morgan fingerprint density at radius 1 is 1.16 bits per heavy atom. The highest BCUT2D eigenvalue weighted by atomic mass is 32.1. The van der Waals surface area contributed by atoms with Gasteiger partial charge in [-0.05, 0) is 12.1 Å². The second-order valence-electron chi connectivity index (χ2n) is 5.22. The number of amides is 1. The Hall–Kier alpha value is -3.26. The van der Waals surface area contributed by atoms with Gasteiger partial charge in [0.1, 0.15) is 0 Å². The molecular weight excluding hydrogens is 338 g/mol. The van der Waals surface area contributed by atoms with Gasteiger partial charge < -0.3 is 4.42 Å². The van der Waals surface area contributed by atoms with Crippen molar-refractivity contribution in [2.24, 2.45) is 0 Å². The summed E-state index contributed by atoms with van der Waals surface area (Å²) in [7, 11) is 0. The third-order valence-electron chi connectivity index (χ3n) is 3.41. The summed E-state index contributed by atoms with van der Waals surface area (Å²) in [5, 5.41) is 12.1. The summed E-state index contributed by atoms with van der Waals surface area (Å²) in [6.45, 7) is 0. The van der Waals surface area contributed by atoms with Crippen LogP contribution >= 0.6 is 11.3 Å². The average Bonchev–Trinajstić information content (AvgIpc) is 3.37. The largest absolute Gasteiger partial charge is 0.462 e. The van der Waals surface area contributed by atoms with Crippen molar-refractivity contribution >= 4 is 23.2 Å². The number of nitrogens with zero attached hydrogens (tertiary/aromatic N) is 3. The van der Waals surface area contributed by atoms with E-state index in [0.29, 0.717) is 17.3 Å². The number of carbonyl (C=O) groups excluding carboxylic acids is 1. The number of nitrogens with one attached hydrogen (secondary N) is 2. The second kappa shape index (κ2) is 6.70. The number of thiazole rings is 1. The predicted molar refractivity (Wildman–Crippen MR) is 94.0 cm³/mol. The SMILES string of the molecule is O=C(Cc1csc(-c2ccco2)n1)Nc1n[nH]c(-c2ccccc2)n1. The number of benzene rings is 1. The van der Waals surface area contributed by atoms with Gasteiger partial charge in [0, 0.05) is 10.9 Å². The first-order valence-corrected chi connectivity index (χ1v) is 8.42. The monoisotopic (exact) mass is 351 g/mol. The highest BCUT2D eigenvalue weighted by Gasteiger charge is 2.13. The van der Waals surface area contributed by atoms with E-state index >= 15 is 0 Å². The molecule has 4 rings (SSSR count). The lowest BCUT2D eigenvalue weighted by atomic mass is 10.2. The molecule has 0 saturated carbocycles. The zero-order valence-corrected chi connectivity index (χ0v) is 13.8. The molecule has 3 aromatic heterocycles. The van der Waals surface area contributed by atoms with E-state index in [9.17, 15) is 4.79 Å². The molecule has 0 unspecified atom stereocenters. The minimum absolute atomic E-state index is 0.145. The van der Waals surface area contributed by atoms with Gasteiger partial charge in [-0.25, -0.2) is 4.98 Å². The lowest BCUT2D eigenvalue weighted by Crippen LogP contribution is -2.15. The zero-order chi connectivity index (χ0) is 17.1. The molecule has 0 atom stereocenters. The van der Waals surface area contributed by atoms with E-state index in [1.165, 1.54) is 11.3 Å². The van der Waals surface area contributed by atoms with Gasteiger partial charge in [0.05, 0.1) is 18.4 Å². The van der Waals surface area contributed by atoms with E-state index in [0.717, 1.165) is 10.6 Å². The maximum atomic E-state index is 12.2. The number of hydrogen-bond donors (Lipinski definition) is 2. The summed E-state index contributed by atoms with van der Waals surface area (Å²) in [4.78, 5) is 20.8. The van der Waals surface area contributed by atoms with Crippen molar-refractivity contribution in [1.29, 1.82) is 0 Å². The topological polar surface area (TPSA) is 96.7 Å². The number of anilines is 1. The molecule has 3 heterocycles. The van der Waals surface area contributed by atoms with Crippen molar-refractivity contribution in [3.05, 3.63) is 59.8 Å². The lowest BCUT2D eigenvalue weighted by molar-refractivity contribution is -0.115. The number of H-pyrrole nitrogens is 1. The Bertz CT molecular complexity index is 976. The smallest absolute Gasteiger partial charge is 0.249 e. The number of carbonyl (C=O) groups is 1. The molecule has 7 nitrogen and oxygen atoms in total. The minimum Gasteiger partial charge on any atom is -0.462 e. The van der Waals surface area contributed by atoms with Crippen LogP contribution in [0.1, 0.15) is 5.69 Å². The molecule has 0 fully saturated rings. The van der Waals surface area contributed by atoms with Gasteiger partial charge in [0.2, 0.25) is 11.9 Å². The fraction of sp³-hybridized carbons (Fsp3) is 0.0588. The molecule has 2 N–H and O–H groups in total. The molecule has 1 aromatic carbocycles. The summed E-state index contributed by atoms with van der Waals surface area (Å²) >= 11 is 1.43. The second-order valence-corrected chi connectivity index (χ2v) is 6.08. The van der Waals surface area contributed by atoms with Crippen LogP contribution in [0.2, 0.25) is 0 Å². The number of rotatable bonds is 5. The van der Waals surface area contributed by atoms with E-state index in [1.807, 2.05) is 41.8 Å². The van der Waals surface area contributed by atoms with Gasteiger partial charge >= 0.3 is 0 Å². The fourth-order valence-corrected chi connectivity index (χ4v) is 3.06. The number of hydrogen-bond acceptors (Lipinski definition) is 6. The molecule has 0 aliphatic rings. The molecule has 124 valence electrons. The summed E-state index contributed by atoms with van der Waals surface area (Å²) in [6.07, 6.45) is 1.74. The maximum Gasteiger partial charge on any atom is 0.249 e. The number of aromatic nitrogens is 4. The first-order chi connectivity index (χ1) is 12.3. The van der Waals surface area contributed by atoms with E-state index in [4.69, 9.17) is 4.42 Å². The molecule has 0 saturated heterocycles. The summed E-state index contributed by atoms with van der Waals surface area (Å²) in [5.74, 6) is 1.31. The van der Waals surface area contributed by atoms with Crippen molar-refractivity contribution < 1.29 is 9.21 Å². The zero-order valence-electron chi connectivity index (χ0n) is 13.0. The van der Waals surface area contributed by atoms with Gasteiger partial charge in [-0.1, -0.05) is 30.3 Å². The highest BCUT2D eigenvalue weighted by molar-refractivity contribution is 7.13. The van der Waals surface area contributed by atoms with Crippen LogP contribution in [0.4, 0.5) is 5.95 Å². The standard InChI is InChI=1S/C17H13N5O2S/c23-14(9-12-10-25-16(18-12)13-7-4-8-24-13)19-17-20-15(21-22-17)11-5-2-1-3-6-11/h1-8,10H,9H2,(H2,19,20,21,22,23). The molecule has 4 aromatic rings. The third kappa shape index (κ3) is 3.48. The molecule has 8 heteroatoms. The van der Waals surface area contributed by atoms with Crippen LogP contribution in [-0.4, -0.2) is 26.1 Å². The average molecular weight is 351 g/mol. The maximum absolute atomic E-state index is 12.2. The van der Waals surface area contributed by atoms with E-state index in [1.54, 1.807) is 12.3 Å². The van der Waals surface area contributed by atoms with Crippen LogP contribution in [0.25, 0.3) is 22.2 Å². The van der Waals surface area contributed by atoms with Crippen LogP contribution < -0.4 is 5.32 Å². The van der Waals surface area contributed by atoms with Crippen LogP contribution in [0.15, 0.2) is 58.5 Å². The van der Waals surface area contributed by atoms with Crippen LogP contribution in [0.3, 0.4) is 0 Å². The molecule has 0 bridgehead atoms. The predicted octanol–water partition coefficient (Wildman–Crippen LogP) is 3.37. The van der Waals surface area contributed by atoms with Crippen molar-refractivity contribution in [3.63, 3.8) is 0 Å². The normalized spacial score (nSPS) is 10.7. The number of aromatic amines is 1. The van der Waals surface area contributed by atoms with Crippen molar-refractivity contribution in [3.8, 4) is 22.2 Å². The molecule has 0 aliphatic carbocycles. The van der Waals surface area contributed by atoms with Crippen LogP contribution in [0.5, 0.6) is 0 Å². The van der Waals surface area contributed by atoms with Gasteiger partial charge in [-0.2, -0.15) is 4.98 Å². The van der Waals surface area contributed by atoms with Gasteiger partial charge in [0.15, 0.2) is 16.6 Å². The van der Waals surface area contributed by atoms with Crippen LogP contribution in [-0.2, 0) is 11.2 Å². The third-order valence-corrected chi connectivity index (χ3v) is 4.31. The Balaban J connectivity index is 1.40. The van der Waals surface area contributed by atoms with Gasteiger partial charge in [0.25, 0.3) is 0 Å². The summed E-state index contributed by atoms with van der Waals surface area (Å²) in [6, 6.07) is 13.2. The number of furan rings is 1. The fourth-order valence-electron chi connectivity index (χ4n) is 2.28. The molecule has 0 aliphatic heterocycles. The Morgan fingerprint density at radius 2 is 2.04 bits per heavy atom. The van der Waals surface area contributed by atoms with E-state index in [-0.39, 0.29) is 18.3 Å². The van der Waals surface area contributed by atoms with Gasteiger partial charge in [-0.15, -0.1) is 16.4 Å². The first kappa shape index (κ1) is 15.3. The van der Waals surface area contributed by atoms with Gasteiger partial charge in [-0.3, -0.25) is 15.2 Å². The van der Waals surface area contributed by atoms with Crippen molar-refractivity contribution in [2.75, 3.05) is 5.32 Å². The summed E-state index contributed by atoms with van der Waals surface area (Å²) in [5.41, 5.74) is 1.57. The molecular formula is C17H13N5O2S. The molecule has 0 radical (unpaired) electrons. The Labute approximate surface area is 146 Å². The first-order valence-electron chi connectivity index (χ1n) is 7.54. The summed E-state index contributed by atoms with van der Waals surface area (Å²) < 4.78 is 5.30. The van der Waals surface area contributed by atoms with Crippen LogP contribution in [0, 0.1) is 0 Å². The Kier molecular flexibility index (Phi) is 4.09. The molecule has 1 amide bonds. The Morgan fingerprint density at radius 3 is 2.84 bits per heavy atom. The van der Waals surface area contributed by atoms with Crippen molar-refractivity contribution in [1.82, 2.24) is 20.2 Å². The quantitative estimate of drug-likeness (QED) is 0.574. The van der Waals surface area contributed by atoms with E-state index < -0.39 is 0 Å². The highest BCUT2D eigenvalue weighted by Crippen LogP contribution is 2.24. The minimum atomic E-state index is -0.227. The molecule has 0 spiro atoms.